The maximum Gasteiger partial charge on any atom is 0.191 e. The van der Waals surface area contributed by atoms with Crippen LogP contribution in [-0.4, -0.2) is 101 Å². The number of guanidine groups is 1. The average Bonchev–Trinajstić information content (AvgIpc) is 2.69. The third-order valence-electron chi connectivity index (χ3n) is 5.33. The van der Waals surface area contributed by atoms with Gasteiger partial charge < -0.3 is 25.0 Å². The number of nitrogens with zero attached hydrogens (tertiary/aromatic N) is 3. The molecule has 0 aromatic heterocycles. The van der Waals surface area contributed by atoms with E-state index in [1.165, 1.54) is 12.8 Å². The molecule has 2 saturated heterocycles. The summed E-state index contributed by atoms with van der Waals surface area (Å²) in [6.07, 6.45) is 3.49. The highest BCUT2D eigenvalue weighted by Crippen LogP contribution is 2.11. The second-order valence-corrected chi connectivity index (χ2v) is 7.84. The number of likely N-dealkylation sites (tertiary alicyclic amines) is 1. The molecule has 0 bridgehead atoms. The lowest BCUT2D eigenvalue weighted by Crippen LogP contribution is -2.49. The van der Waals surface area contributed by atoms with E-state index in [1.54, 1.807) is 7.11 Å². The predicted octanol–water partition coefficient (Wildman–Crippen LogP) is 1.63. The minimum atomic E-state index is 0. The fraction of sp³-hybridized carbons (Fsp3) is 0.950. The highest BCUT2D eigenvalue weighted by Gasteiger charge is 2.20. The minimum Gasteiger partial charge on any atom is -0.385 e. The SMILES string of the molecule is CCNC(=NCC(C)CN1CCOCC1)NC1CCN(CCCOC)CC1.I. The molecule has 2 fully saturated rings. The van der Waals surface area contributed by atoms with E-state index in [0.29, 0.717) is 12.0 Å². The van der Waals surface area contributed by atoms with E-state index in [-0.39, 0.29) is 24.0 Å². The van der Waals surface area contributed by atoms with Crippen molar-refractivity contribution in [2.75, 3.05) is 79.3 Å². The fourth-order valence-electron chi connectivity index (χ4n) is 3.78. The molecule has 8 heteroatoms. The molecule has 166 valence electrons. The first-order chi connectivity index (χ1) is 13.2. The zero-order chi connectivity index (χ0) is 19.3. The zero-order valence-corrected chi connectivity index (χ0v) is 20.5. The van der Waals surface area contributed by atoms with Gasteiger partial charge in [-0.2, -0.15) is 0 Å². The van der Waals surface area contributed by atoms with Gasteiger partial charge >= 0.3 is 0 Å². The number of aliphatic imine (C=N–C) groups is 1. The zero-order valence-electron chi connectivity index (χ0n) is 18.1. The molecule has 0 amide bonds. The molecular weight excluding hydrogens is 469 g/mol. The Morgan fingerprint density at radius 1 is 1.18 bits per heavy atom. The highest BCUT2D eigenvalue weighted by atomic mass is 127. The number of hydrogen-bond donors (Lipinski definition) is 2. The first-order valence-electron chi connectivity index (χ1n) is 10.8. The average molecular weight is 511 g/mol. The molecule has 0 spiro atoms. The third kappa shape index (κ3) is 10.6. The van der Waals surface area contributed by atoms with Crippen molar-refractivity contribution in [3.63, 3.8) is 0 Å². The van der Waals surface area contributed by atoms with Crippen LogP contribution in [-0.2, 0) is 9.47 Å². The third-order valence-corrected chi connectivity index (χ3v) is 5.33. The first kappa shape index (κ1) is 25.9. The van der Waals surface area contributed by atoms with Gasteiger partial charge in [-0.15, -0.1) is 24.0 Å². The second-order valence-electron chi connectivity index (χ2n) is 7.84. The van der Waals surface area contributed by atoms with Crippen molar-refractivity contribution in [1.29, 1.82) is 0 Å². The second kappa shape index (κ2) is 15.6. The van der Waals surface area contributed by atoms with Crippen molar-refractivity contribution < 1.29 is 9.47 Å². The summed E-state index contributed by atoms with van der Waals surface area (Å²) >= 11 is 0. The van der Waals surface area contributed by atoms with E-state index in [0.717, 1.165) is 84.6 Å². The lowest BCUT2D eigenvalue weighted by molar-refractivity contribution is 0.0323. The predicted molar refractivity (Wildman–Crippen MR) is 127 cm³/mol. The van der Waals surface area contributed by atoms with E-state index >= 15 is 0 Å². The number of piperidine rings is 1. The Morgan fingerprint density at radius 3 is 2.54 bits per heavy atom. The lowest BCUT2D eigenvalue weighted by atomic mass is 10.1. The van der Waals surface area contributed by atoms with Crippen LogP contribution >= 0.6 is 24.0 Å². The van der Waals surface area contributed by atoms with Crippen LogP contribution in [0.25, 0.3) is 0 Å². The number of nitrogens with one attached hydrogen (secondary N) is 2. The largest absolute Gasteiger partial charge is 0.385 e. The molecule has 2 heterocycles. The van der Waals surface area contributed by atoms with Gasteiger partial charge in [-0.05, 0) is 32.1 Å². The fourth-order valence-corrected chi connectivity index (χ4v) is 3.78. The van der Waals surface area contributed by atoms with Crippen LogP contribution in [0.5, 0.6) is 0 Å². The number of methoxy groups -OCH3 is 1. The Bertz CT molecular complexity index is 413. The summed E-state index contributed by atoms with van der Waals surface area (Å²) in [5.41, 5.74) is 0. The molecule has 2 N–H and O–H groups in total. The lowest BCUT2D eigenvalue weighted by Gasteiger charge is -2.33. The molecule has 0 aliphatic carbocycles. The maximum absolute atomic E-state index is 5.43. The number of halogens is 1. The first-order valence-corrected chi connectivity index (χ1v) is 10.8. The Hall–Kier alpha value is -0.160. The van der Waals surface area contributed by atoms with E-state index in [2.05, 4.69) is 34.3 Å². The number of hydrogen-bond acceptors (Lipinski definition) is 5. The van der Waals surface area contributed by atoms with Crippen LogP contribution < -0.4 is 10.6 Å². The van der Waals surface area contributed by atoms with E-state index in [9.17, 15) is 0 Å². The van der Waals surface area contributed by atoms with Gasteiger partial charge in [0.15, 0.2) is 5.96 Å². The number of morpholine rings is 1. The van der Waals surface area contributed by atoms with Crippen molar-refractivity contribution in [1.82, 2.24) is 20.4 Å². The molecule has 0 aromatic carbocycles. The summed E-state index contributed by atoms with van der Waals surface area (Å²) in [4.78, 5) is 9.90. The summed E-state index contributed by atoms with van der Waals surface area (Å²) in [7, 11) is 1.78. The van der Waals surface area contributed by atoms with Gasteiger partial charge in [-0.25, -0.2) is 0 Å². The van der Waals surface area contributed by atoms with E-state index < -0.39 is 0 Å². The summed E-state index contributed by atoms with van der Waals surface area (Å²) in [6, 6.07) is 0.524. The Balaban J connectivity index is 0.00000392. The van der Waals surface area contributed by atoms with Gasteiger partial charge in [-0.3, -0.25) is 9.89 Å². The molecule has 2 aliphatic heterocycles. The monoisotopic (exact) mass is 511 g/mol. The summed E-state index contributed by atoms with van der Waals surface area (Å²) in [5.74, 6) is 1.53. The normalized spacial score (nSPS) is 21.2. The molecule has 28 heavy (non-hydrogen) atoms. The topological polar surface area (TPSA) is 61.4 Å². The maximum atomic E-state index is 5.43. The van der Waals surface area contributed by atoms with Crippen LogP contribution in [0.2, 0.25) is 0 Å². The van der Waals surface area contributed by atoms with Crippen LogP contribution in [0, 0.1) is 5.92 Å². The van der Waals surface area contributed by atoms with Gasteiger partial charge in [0, 0.05) is 72.1 Å². The highest BCUT2D eigenvalue weighted by molar-refractivity contribution is 14.0. The van der Waals surface area contributed by atoms with Crippen LogP contribution in [0.15, 0.2) is 4.99 Å². The van der Waals surface area contributed by atoms with Crippen molar-refractivity contribution in [2.24, 2.45) is 10.9 Å². The molecule has 1 atom stereocenters. The Morgan fingerprint density at radius 2 is 1.89 bits per heavy atom. The molecule has 2 aliphatic rings. The van der Waals surface area contributed by atoms with Crippen molar-refractivity contribution >= 4 is 29.9 Å². The molecule has 2 rings (SSSR count). The quantitative estimate of drug-likeness (QED) is 0.201. The Labute approximate surface area is 189 Å². The summed E-state index contributed by atoms with van der Waals surface area (Å²) in [5, 5.41) is 7.07. The molecule has 0 radical (unpaired) electrons. The number of rotatable bonds is 10. The molecular formula is C20H42IN5O2. The standard InChI is InChI=1S/C20H41N5O2.HI/c1-4-21-20(22-16-18(2)17-25-11-14-27-15-12-25)23-19-6-9-24(10-7-19)8-5-13-26-3;/h18-19H,4-17H2,1-3H3,(H2,21,22,23);1H. The van der Waals surface area contributed by atoms with Gasteiger partial charge in [0.05, 0.1) is 13.2 Å². The summed E-state index contributed by atoms with van der Waals surface area (Å²) < 4.78 is 10.6. The van der Waals surface area contributed by atoms with Gasteiger partial charge in [0.1, 0.15) is 0 Å². The van der Waals surface area contributed by atoms with Crippen molar-refractivity contribution in [3.05, 3.63) is 0 Å². The van der Waals surface area contributed by atoms with Crippen molar-refractivity contribution in [3.8, 4) is 0 Å². The van der Waals surface area contributed by atoms with Crippen LogP contribution in [0.4, 0.5) is 0 Å². The van der Waals surface area contributed by atoms with Crippen LogP contribution in [0.3, 0.4) is 0 Å². The van der Waals surface area contributed by atoms with Crippen LogP contribution in [0.1, 0.15) is 33.1 Å². The van der Waals surface area contributed by atoms with Gasteiger partial charge in [-0.1, -0.05) is 6.92 Å². The molecule has 0 aromatic rings. The van der Waals surface area contributed by atoms with Gasteiger partial charge in [0.2, 0.25) is 0 Å². The molecule has 7 nitrogen and oxygen atoms in total. The number of ether oxygens (including phenoxy) is 2. The Kier molecular flexibility index (Phi) is 14.5. The minimum absolute atomic E-state index is 0. The van der Waals surface area contributed by atoms with Crippen molar-refractivity contribution in [2.45, 2.75) is 39.2 Å². The van der Waals surface area contributed by atoms with E-state index in [1.807, 2.05) is 0 Å². The summed E-state index contributed by atoms with van der Waals surface area (Å²) in [6.45, 7) is 15.5. The molecule has 1 unspecified atom stereocenters. The van der Waals surface area contributed by atoms with Gasteiger partial charge in [0.25, 0.3) is 0 Å². The smallest absolute Gasteiger partial charge is 0.191 e. The molecule has 0 saturated carbocycles. The van der Waals surface area contributed by atoms with E-state index in [4.69, 9.17) is 14.5 Å².